The van der Waals surface area contributed by atoms with Gasteiger partial charge in [-0.05, 0) is 43.1 Å². The molecule has 3 saturated carbocycles. The van der Waals surface area contributed by atoms with Crippen molar-refractivity contribution in [3.8, 4) is 0 Å². The summed E-state index contributed by atoms with van der Waals surface area (Å²) in [5.41, 5.74) is 7.11. The van der Waals surface area contributed by atoms with E-state index in [-0.39, 0.29) is 12.1 Å². The lowest BCUT2D eigenvalue weighted by molar-refractivity contribution is 0.0848. The molecule has 0 saturated heterocycles. The van der Waals surface area contributed by atoms with Crippen LogP contribution in [0.3, 0.4) is 0 Å². The standard InChI is InChI=1S/C16H22N2O2/c17-14-8-13-7-6-12(14)9-15(13)18-16(19)20-10-11-4-2-1-3-5-11/h1-5,12-15H,6-10,17H2,(H,18,19). The van der Waals surface area contributed by atoms with Crippen molar-refractivity contribution in [1.82, 2.24) is 5.32 Å². The molecule has 1 amide bonds. The van der Waals surface area contributed by atoms with Gasteiger partial charge < -0.3 is 15.8 Å². The Morgan fingerprint density at radius 3 is 2.60 bits per heavy atom. The maximum Gasteiger partial charge on any atom is 0.407 e. The quantitative estimate of drug-likeness (QED) is 0.889. The highest BCUT2D eigenvalue weighted by atomic mass is 16.5. The fourth-order valence-electron chi connectivity index (χ4n) is 3.57. The van der Waals surface area contributed by atoms with Crippen LogP contribution in [-0.4, -0.2) is 18.2 Å². The molecule has 0 radical (unpaired) electrons. The van der Waals surface area contributed by atoms with Crippen LogP contribution >= 0.6 is 0 Å². The highest BCUT2D eigenvalue weighted by molar-refractivity contribution is 5.67. The molecule has 2 bridgehead atoms. The Labute approximate surface area is 119 Å². The van der Waals surface area contributed by atoms with Crippen molar-refractivity contribution in [2.24, 2.45) is 17.6 Å². The highest BCUT2D eigenvalue weighted by Gasteiger charge is 2.40. The number of rotatable bonds is 3. The fraction of sp³-hybridized carbons (Fsp3) is 0.562. The van der Waals surface area contributed by atoms with Crippen LogP contribution in [0.1, 0.15) is 31.2 Å². The van der Waals surface area contributed by atoms with Crippen LogP contribution in [0.15, 0.2) is 30.3 Å². The molecule has 1 aromatic rings. The predicted octanol–water partition coefficient (Wildman–Crippen LogP) is 2.43. The van der Waals surface area contributed by atoms with Gasteiger partial charge in [-0.2, -0.15) is 0 Å². The van der Waals surface area contributed by atoms with Crippen LogP contribution in [0, 0.1) is 11.8 Å². The molecule has 3 N–H and O–H groups in total. The summed E-state index contributed by atoms with van der Waals surface area (Å²) in [4.78, 5) is 11.9. The number of carbonyl (C=O) groups excluding carboxylic acids is 1. The van der Waals surface area contributed by atoms with Gasteiger partial charge in [0.1, 0.15) is 6.61 Å². The number of amides is 1. The van der Waals surface area contributed by atoms with Crippen molar-refractivity contribution in [1.29, 1.82) is 0 Å². The van der Waals surface area contributed by atoms with E-state index in [1.54, 1.807) is 0 Å². The zero-order valence-electron chi connectivity index (χ0n) is 11.6. The third-order valence-corrected chi connectivity index (χ3v) is 4.73. The van der Waals surface area contributed by atoms with Gasteiger partial charge in [-0.1, -0.05) is 30.3 Å². The van der Waals surface area contributed by atoms with E-state index in [0.29, 0.717) is 24.5 Å². The molecule has 4 rings (SSSR count). The number of nitrogens with one attached hydrogen (secondary N) is 1. The highest BCUT2D eigenvalue weighted by Crippen LogP contribution is 2.40. The molecule has 20 heavy (non-hydrogen) atoms. The summed E-state index contributed by atoms with van der Waals surface area (Å²) in [6.45, 7) is 0.326. The minimum Gasteiger partial charge on any atom is -0.445 e. The number of benzene rings is 1. The molecule has 4 atom stereocenters. The lowest BCUT2D eigenvalue weighted by Crippen LogP contribution is -2.53. The summed E-state index contributed by atoms with van der Waals surface area (Å²) in [6, 6.07) is 10.3. The number of carbonyl (C=O) groups is 1. The molecule has 4 heteroatoms. The molecule has 4 nitrogen and oxygen atoms in total. The molecular weight excluding hydrogens is 252 g/mol. The van der Waals surface area contributed by atoms with Crippen molar-refractivity contribution in [2.45, 2.75) is 44.4 Å². The summed E-state index contributed by atoms with van der Waals surface area (Å²) in [5.74, 6) is 1.10. The van der Waals surface area contributed by atoms with E-state index in [1.807, 2.05) is 30.3 Å². The second-order valence-corrected chi connectivity index (χ2v) is 6.05. The number of nitrogens with two attached hydrogens (primary N) is 1. The number of alkyl carbamates (subject to hydrolysis) is 1. The summed E-state index contributed by atoms with van der Waals surface area (Å²) in [6.07, 6.45) is 4.13. The summed E-state index contributed by atoms with van der Waals surface area (Å²) in [7, 11) is 0. The molecule has 3 aliphatic carbocycles. The molecule has 0 aromatic heterocycles. The maximum absolute atomic E-state index is 11.9. The number of hydrogen-bond donors (Lipinski definition) is 2. The van der Waals surface area contributed by atoms with Gasteiger partial charge in [0.2, 0.25) is 0 Å². The Morgan fingerprint density at radius 1 is 1.20 bits per heavy atom. The average Bonchev–Trinajstić information content (AvgIpc) is 2.48. The van der Waals surface area contributed by atoms with E-state index in [2.05, 4.69) is 5.32 Å². The third-order valence-electron chi connectivity index (χ3n) is 4.73. The lowest BCUT2D eigenvalue weighted by atomic mass is 9.65. The molecule has 0 aliphatic heterocycles. The Bertz CT molecular complexity index is 463. The van der Waals surface area contributed by atoms with Crippen molar-refractivity contribution in [3.63, 3.8) is 0 Å². The molecule has 108 valence electrons. The number of hydrogen-bond acceptors (Lipinski definition) is 3. The van der Waals surface area contributed by atoms with Gasteiger partial charge in [0.15, 0.2) is 0 Å². The van der Waals surface area contributed by atoms with Gasteiger partial charge in [-0.15, -0.1) is 0 Å². The first kappa shape index (κ1) is 13.4. The zero-order valence-corrected chi connectivity index (χ0v) is 11.6. The van der Waals surface area contributed by atoms with Gasteiger partial charge in [0.05, 0.1) is 0 Å². The Balaban J connectivity index is 1.48. The van der Waals surface area contributed by atoms with E-state index in [4.69, 9.17) is 10.5 Å². The first-order valence-corrected chi connectivity index (χ1v) is 7.45. The Kier molecular flexibility index (Phi) is 3.92. The van der Waals surface area contributed by atoms with Gasteiger partial charge in [0, 0.05) is 12.1 Å². The molecule has 3 aliphatic rings. The van der Waals surface area contributed by atoms with Crippen LogP contribution in [0.5, 0.6) is 0 Å². The van der Waals surface area contributed by atoms with Crippen LogP contribution in [0.25, 0.3) is 0 Å². The van der Waals surface area contributed by atoms with Crippen molar-refractivity contribution < 1.29 is 9.53 Å². The van der Waals surface area contributed by atoms with Crippen LogP contribution in [0.2, 0.25) is 0 Å². The number of ether oxygens (including phenoxy) is 1. The van der Waals surface area contributed by atoms with Gasteiger partial charge in [-0.25, -0.2) is 4.79 Å². The van der Waals surface area contributed by atoms with E-state index in [0.717, 1.165) is 18.4 Å². The van der Waals surface area contributed by atoms with E-state index >= 15 is 0 Å². The molecule has 3 fully saturated rings. The lowest BCUT2D eigenvalue weighted by Gasteiger charge is -2.45. The summed E-state index contributed by atoms with van der Waals surface area (Å²) >= 11 is 0. The number of fused-ring (bicyclic) bond motifs is 3. The van der Waals surface area contributed by atoms with Crippen molar-refractivity contribution in [2.75, 3.05) is 0 Å². The molecule has 1 aromatic carbocycles. The predicted molar refractivity (Wildman–Crippen MR) is 77.0 cm³/mol. The Morgan fingerprint density at radius 2 is 1.95 bits per heavy atom. The Hall–Kier alpha value is -1.55. The van der Waals surface area contributed by atoms with Crippen LogP contribution in [0.4, 0.5) is 4.79 Å². The molecule has 4 unspecified atom stereocenters. The van der Waals surface area contributed by atoms with E-state index in [1.165, 1.54) is 12.8 Å². The fourth-order valence-corrected chi connectivity index (χ4v) is 3.57. The van der Waals surface area contributed by atoms with Gasteiger partial charge in [-0.3, -0.25) is 0 Å². The van der Waals surface area contributed by atoms with Crippen LogP contribution < -0.4 is 11.1 Å². The maximum atomic E-state index is 11.9. The SMILES string of the molecule is NC1CC2CCC1CC2NC(=O)OCc1ccccc1. The second-order valence-electron chi connectivity index (χ2n) is 6.05. The van der Waals surface area contributed by atoms with Crippen LogP contribution in [-0.2, 0) is 11.3 Å². The molecule has 0 heterocycles. The van der Waals surface area contributed by atoms with Crippen molar-refractivity contribution in [3.05, 3.63) is 35.9 Å². The summed E-state index contributed by atoms with van der Waals surface area (Å²) in [5, 5.41) is 3.02. The molecular formula is C16H22N2O2. The first-order valence-electron chi connectivity index (χ1n) is 7.45. The monoisotopic (exact) mass is 274 g/mol. The largest absolute Gasteiger partial charge is 0.445 e. The van der Waals surface area contributed by atoms with Crippen molar-refractivity contribution >= 4 is 6.09 Å². The average molecular weight is 274 g/mol. The third kappa shape index (κ3) is 2.96. The smallest absolute Gasteiger partial charge is 0.407 e. The minimum absolute atomic E-state index is 0.247. The normalized spacial score (nSPS) is 31.9. The van der Waals surface area contributed by atoms with Gasteiger partial charge >= 0.3 is 6.09 Å². The minimum atomic E-state index is -0.306. The zero-order chi connectivity index (χ0) is 13.9. The topological polar surface area (TPSA) is 64.3 Å². The summed E-state index contributed by atoms with van der Waals surface area (Å²) < 4.78 is 5.28. The van der Waals surface area contributed by atoms with E-state index in [9.17, 15) is 4.79 Å². The van der Waals surface area contributed by atoms with E-state index < -0.39 is 0 Å². The second kappa shape index (κ2) is 5.83. The first-order chi connectivity index (χ1) is 9.72. The molecule has 0 spiro atoms. The van der Waals surface area contributed by atoms with Gasteiger partial charge in [0.25, 0.3) is 0 Å².